The number of benzene rings is 2. The molecule has 0 saturated carbocycles. The molecule has 4 aromatic rings. The van der Waals surface area contributed by atoms with Gasteiger partial charge in [0.05, 0.1) is 5.52 Å². The number of piperidine rings is 1. The van der Waals surface area contributed by atoms with Gasteiger partial charge in [-0.2, -0.15) is 0 Å². The van der Waals surface area contributed by atoms with E-state index in [-0.39, 0.29) is 11.9 Å². The minimum Gasteiger partial charge on any atom is -0.351 e. The minimum absolute atomic E-state index is 0.103. The summed E-state index contributed by atoms with van der Waals surface area (Å²) >= 11 is 0. The number of anilines is 1. The summed E-state index contributed by atoms with van der Waals surface area (Å²) in [5.74, 6) is 1.03. The van der Waals surface area contributed by atoms with Gasteiger partial charge in [-0.3, -0.25) is 9.78 Å². The lowest BCUT2D eigenvalue weighted by molar-refractivity contribution is 0.0714. The number of aryl methyl sites for hydroxylation is 1. The smallest absolute Gasteiger partial charge is 0.253 e. The zero-order chi connectivity index (χ0) is 24.6. The van der Waals surface area contributed by atoms with Gasteiger partial charge in [0, 0.05) is 61.1 Å². The van der Waals surface area contributed by atoms with E-state index >= 15 is 0 Å². The molecule has 1 amide bonds. The molecule has 1 fully saturated rings. The second kappa shape index (κ2) is 9.32. The van der Waals surface area contributed by atoms with Crippen LogP contribution in [-0.4, -0.2) is 51.4 Å². The van der Waals surface area contributed by atoms with E-state index in [4.69, 9.17) is 10.7 Å². The van der Waals surface area contributed by atoms with Crippen molar-refractivity contribution in [2.75, 3.05) is 24.5 Å². The Morgan fingerprint density at radius 1 is 1.00 bits per heavy atom. The quantitative estimate of drug-likeness (QED) is 0.476. The van der Waals surface area contributed by atoms with E-state index in [0.29, 0.717) is 6.54 Å². The number of carbonyl (C=O) groups is 1. The van der Waals surface area contributed by atoms with Crippen LogP contribution in [0.3, 0.4) is 0 Å². The lowest BCUT2D eigenvalue weighted by atomic mass is 9.95. The fourth-order valence-corrected chi connectivity index (χ4v) is 5.44. The van der Waals surface area contributed by atoms with Crippen molar-refractivity contribution in [1.29, 1.82) is 0 Å². The van der Waals surface area contributed by atoms with Crippen LogP contribution in [-0.2, 0) is 13.0 Å². The van der Waals surface area contributed by atoms with Crippen LogP contribution in [0.15, 0.2) is 61.2 Å². The number of nitrogens with zero attached hydrogens (tertiary/aromatic N) is 5. The first kappa shape index (κ1) is 22.6. The highest BCUT2D eigenvalue weighted by atomic mass is 16.2. The van der Waals surface area contributed by atoms with E-state index in [9.17, 15) is 4.79 Å². The average Bonchev–Trinajstić information content (AvgIpc) is 2.92. The maximum absolute atomic E-state index is 13.2. The van der Waals surface area contributed by atoms with Gasteiger partial charge >= 0.3 is 0 Å². The zero-order valence-corrected chi connectivity index (χ0v) is 20.5. The Labute approximate surface area is 211 Å². The summed E-state index contributed by atoms with van der Waals surface area (Å²) in [7, 11) is 0. The predicted octanol–water partition coefficient (Wildman–Crippen LogP) is 4.13. The summed E-state index contributed by atoms with van der Waals surface area (Å²) in [6.45, 7) is 5.13. The van der Waals surface area contributed by atoms with Gasteiger partial charge in [-0.1, -0.05) is 12.1 Å². The second-order valence-corrected chi connectivity index (χ2v) is 9.91. The topological polar surface area (TPSA) is 88.2 Å². The van der Waals surface area contributed by atoms with Crippen molar-refractivity contribution in [3.8, 4) is 11.1 Å². The number of pyridine rings is 1. The third kappa shape index (κ3) is 4.20. The molecule has 0 atom stereocenters. The van der Waals surface area contributed by atoms with Crippen molar-refractivity contribution in [2.45, 2.75) is 38.8 Å². The maximum Gasteiger partial charge on any atom is 0.253 e. The zero-order valence-electron chi connectivity index (χ0n) is 20.5. The number of rotatable bonds is 3. The number of hydrogen-bond acceptors (Lipinski definition) is 6. The molecule has 0 radical (unpaired) electrons. The number of aromatic nitrogens is 3. The highest BCUT2D eigenvalue weighted by Crippen LogP contribution is 2.33. The first-order chi connectivity index (χ1) is 17.6. The van der Waals surface area contributed by atoms with E-state index in [1.54, 1.807) is 12.5 Å². The molecule has 4 heterocycles. The number of amides is 1. The first-order valence-electron chi connectivity index (χ1n) is 12.6. The third-order valence-corrected chi connectivity index (χ3v) is 7.49. The molecule has 2 aromatic carbocycles. The molecule has 182 valence electrons. The molecule has 2 aliphatic rings. The Morgan fingerprint density at radius 3 is 2.67 bits per heavy atom. The van der Waals surface area contributed by atoms with Gasteiger partial charge in [0.2, 0.25) is 0 Å². The molecule has 1 saturated heterocycles. The van der Waals surface area contributed by atoms with Gasteiger partial charge < -0.3 is 15.5 Å². The van der Waals surface area contributed by atoms with Crippen LogP contribution in [0.5, 0.6) is 0 Å². The highest BCUT2D eigenvalue weighted by Gasteiger charge is 2.25. The van der Waals surface area contributed by atoms with Crippen molar-refractivity contribution < 1.29 is 4.79 Å². The van der Waals surface area contributed by atoms with Crippen LogP contribution in [0.4, 0.5) is 5.82 Å². The Kier molecular flexibility index (Phi) is 5.85. The van der Waals surface area contributed by atoms with Crippen molar-refractivity contribution in [1.82, 2.24) is 19.9 Å². The minimum atomic E-state index is 0.103. The second-order valence-electron chi connectivity index (χ2n) is 9.91. The number of fused-ring (bicyclic) bond motifs is 2. The summed E-state index contributed by atoms with van der Waals surface area (Å²) in [4.78, 5) is 31.0. The summed E-state index contributed by atoms with van der Waals surface area (Å²) in [6, 6.07) is 14.7. The highest BCUT2D eigenvalue weighted by molar-refractivity contribution is 5.96. The van der Waals surface area contributed by atoms with Gasteiger partial charge in [0.1, 0.15) is 12.1 Å². The number of hydrogen-bond donors (Lipinski definition) is 1. The molecule has 0 unspecified atom stereocenters. The van der Waals surface area contributed by atoms with E-state index in [2.05, 4.69) is 52.1 Å². The molecule has 2 N–H and O–H groups in total. The van der Waals surface area contributed by atoms with E-state index < -0.39 is 0 Å². The largest absolute Gasteiger partial charge is 0.351 e. The van der Waals surface area contributed by atoms with Crippen molar-refractivity contribution >= 4 is 22.6 Å². The Morgan fingerprint density at radius 2 is 1.86 bits per heavy atom. The van der Waals surface area contributed by atoms with Gasteiger partial charge in [-0.25, -0.2) is 9.97 Å². The molecular weight excluding hydrogens is 448 g/mol. The third-order valence-electron chi connectivity index (χ3n) is 7.49. The van der Waals surface area contributed by atoms with Crippen molar-refractivity contribution in [3.05, 3.63) is 83.4 Å². The maximum atomic E-state index is 13.2. The van der Waals surface area contributed by atoms with Crippen LogP contribution in [0.1, 0.15) is 39.9 Å². The molecule has 2 aromatic heterocycles. The van der Waals surface area contributed by atoms with E-state index in [0.717, 1.165) is 77.9 Å². The summed E-state index contributed by atoms with van der Waals surface area (Å²) in [5.41, 5.74) is 13.5. The Hall–Kier alpha value is -3.84. The van der Waals surface area contributed by atoms with Gasteiger partial charge in [-0.15, -0.1) is 0 Å². The molecule has 2 aliphatic heterocycles. The van der Waals surface area contributed by atoms with Crippen LogP contribution in [0, 0.1) is 6.92 Å². The first-order valence-corrected chi connectivity index (χ1v) is 12.6. The SMILES string of the molecule is Cc1cc(-c2cccnc2)cc2c(N3CCc4ccc(C(=O)N5CCC(N)CC5)cc4C3)ncnc12. The average molecular weight is 479 g/mol. The fourth-order valence-electron chi connectivity index (χ4n) is 5.44. The lowest BCUT2D eigenvalue weighted by Crippen LogP contribution is -2.43. The van der Waals surface area contributed by atoms with E-state index in [1.807, 2.05) is 23.2 Å². The molecule has 7 heteroatoms. The van der Waals surface area contributed by atoms with Crippen LogP contribution >= 0.6 is 0 Å². The summed E-state index contributed by atoms with van der Waals surface area (Å²) in [6.07, 6.45) is 7.98. The van der Waals surface area contributed by atoms with E-state index in [1.165, 1.54) is 11.1 Å². The molecule has 6 rings (SSSR count). The van der Waals surface area contributed by atoms with Crippen LogP contribution in [0.25, 0.3) is 22.0 Å². The predicted molar refractivity (Wildman–Crippen MR) is 142 cm³/mol. The Bertz CT molecular complexity index is 1430. The summed E-state index contributed by atoms with van der Waals surface area (Å²) < 4.78 is 0. The lowest BCUT2D eigenvalue weighted by Gasteiger charge is -2.32. The normalized spacial score (nSPS) is 16.3. The molecule has 36 heavy (non-hydrogen) atoms. The molecular formula is C29H30N6O. The number of carbonyl (C=O) groups excluding carboxylic acids is 1. The van der Waals surface area contributed by atoms with Crippen LogP contribution in [0.2, 0.25) is 0 Å². The molecule has 7 nitrogen and oxygen atoms in total. The Balaban J connectivity index is 1.32. The van der Waals surface area contributed by atoms with Crippen molar-refractivity contribution in [3.63, 3.8) is 0 Å². The number of nitrogens with two attached hydrogens (primary N) is 1. The molecule has 0 bridgehead atoms. The fraction of sp³-hybridized carbons (Fsp3) is 0.310. The van der Waals surface area contributed by atoms with Gasteiger partial charge in [0.15, 0.2) is 0 Å². The molecule has 0 spiro atoms. The molecule has 0 aliphatic carbocycles. The number of likely N-dealkylation sites (tertiary alicyclic amines) is 1. The standard InChI is InChI=1S/C29H30N6O/c1-19-13-23(22-3-2-9-31-16-22)15-26-27(19)32-18-33-28(26)35-10-6-20-4-5-21(14-24(20)17-35)29(36)34-11-7-25(30)8-12-34/h2-5,9,13-16,18,25H,6-8,10-12,17,30H2,1H3. The van der Waals surface area contributed by atoms with Crippen molar-refractivity contribution in [2.24, 2.45) is 5.73 Å². The van der Waals surface area contributed by atoms with Crippen LogP contribution < -0.4 is 10.6 Å². The summed E-state index contributed by atoms with van der Waals surface area (Å²) in [5, 5.41) is 1.04. The monoisotopic (exact) mass is 478 g/mol. The van der Waals surface area contributed by atoms with Gasteiger partial charge in [0.25, 0.3) is 5.91 Å². The van der Waals surface area contributed by atoms with Gasteiger partial charge in [-0.05, 0) is 78.8 Å².